The number of ether oxygens (including phenoxy) is 1. The molecule has 0 aromatic heterocycles. The van der Waals surface area contributed by atoms with Gasteiger partial charge in [-0.3, -0.25) is 14.9 Å². The summed E-state index contributed by atoms with van der Waals surface area (Å²) in [5.74, 6) is -0.471. The third-order valence-corrected chi connectivity index (χ3v) is 4.27. The first-order valence-electron chi connectivity index (χ1n) is 5.80. The van der Waals surface area contributed by atoms with Crippen molar-refractivity contribution >= 4 is 27.5 Å². The number of benzene rings is 1. The molecule has 1 aromatic carbocycles. The fourth-order valence-corrected chi connectivity index (χ4v) is 2.77. The molecule has 1 aromatic rings. The minimum atomic E-state index is -4.88. The molecule has 0 N–H and O–H groups in total. The van der Waals surface area contributed by atoms with Crippen LogP contribution in [0, 0.1) is 10.1 Å². The Balaban J connectivity index is 2.43. The van der Waals surface area contributed by atoms with Crippen molar-refractivity contribution in [2.75, 3.05) is 18.6 Å². The van der Waals surface area contributed by atoms with Gasteiger partial charge in [0.1, 0.15) is 16.7 Å². The number of rotatable bonds is 4. The predicted octanol–water partition coefficient (Wildman–Crippen LogP) is 1.01. The fourth-order valence-electron chi connectivity index (χ4n) is 2.10. The summed E-state index contributed by atoms with van der Waals surface area (Å²) in [5.41, 5.74) is -0.503. The second kappa shape index (κ2) is 5.28. The van der Waals surface area contributed by atoms with Crippen LogP contribution >= 0.6 is 0 Å². The first-order valence-corrected chi connectivity index (χ1v) is 7.25. The largest absolute Gasteiger partial charge is 0.496 e. The first kappa shape index (κ1) is 15.2. The molecule has 1 aliphatic rings. The molecule has 1 fully saturated rings. The van der Waals surface area contributed by atoms with E-state index in [-0.39, 0.29) is 11.4 Å². The van der Waals surface area contributed by atoms with Crippen molar-refractivity contribution < 1.29 is 26.8 Å². The molecule has 0 aliphatic carbocycles. The molecule has 0 spiro atoms. The molecule has 0 bridgehead atoms. The van der Waals surface area contributed by atoms with Gasteiger partial charge in [-0.05, 0) is 12.1 Å². The van der Waals surface area contributed by atoms with E-state index >= 15 is 0 Å². The third kappa shape index (κ3) is 2.94. The van der Waals surface area contributed by atoms with E-state index < -0.39 is 45.0 Å². The second-order valence-electron chi connectivity index (χ2n) is 4.42. The molecule has 1 amide bonds. The van der Waals surface area contributed by atoms with Crippen LogP contribution < -0.4 is 9.64 Å². The summed E-state index contributed by atoms with van der Waals surface area (Å²) in [6.07, 6.45) is -0.540. The van der Waals surface area contributed by atoms with Gasteiger partial charge in [-0.2, -0.15) is 8.42 Å². The lowest BCUT2D eigenvalue weighted by Crippen LogP contribution is -2.27. The van der Waals surface area contributed by atoms with Gasteiger partial charge in [0.15, 0.2) is 0 Å². The third-order valence-electron chi connectivity index (χ3n) is 3.16. The van der Waals surface area contributed by atoms with Gasteiger partial charge in [0.05, 0.1) is 18.1 Å². The molecular formula is C11H11FN2O6S. The van der Waals surface area contributed by atoms with Gasteiger partial charge in [-0.15, -0.1) is 3.89 Å². The SMILES string of the molecule is COc1ccc(N2CC(S(=O)(=O)F)CC2=O)c([N+](=O)[O-])c1. The number of nitro benzene ring substituents is 1. The zero-order valence-corrected chi connectivity index (χ0v) is 11.7. The van der Waals surface area contributed by atoms with Crippen molar-refractivity contribution in [2.24, 2.45) is 0 Å². The zero-order valence-electron chi connectivity index (χ0n) is 10.9. The van der Waals surface area contributed by atoms with Gasteiger partial charge >= 0.3 is 10.2 Å². The van der Waals surface area contributed by atoms with E-state index in [9.17, 15) is 27.2 Å². The predicted molar refractivity (Wildman–Crippen MR) is 70.4 cm³/mol. The lowest BCUT2D eigenvalue weighted by Gasteiger charge is -2.16. The average molecular weight is 318 g/mol. The molecule has 0 saturated carbocycles. The van der Waals surface area contributed by atoms with Gasteiger partial charge in [0.2, 0.25) is 5.91 Å². The molecule has 1 aliphatic heterocycles. The van der Waals surface area contributed by atoms with Crippen molar-refractivity contribution in [2.45, 2.75) is 11.7 Å². The summed E-state index contributed by atoms with van der Waals surface area (Å²) < 4.78 is 39.6. The van der Waals surface area contributed by atoms with Crippen LogP contribution in [0.1, 0.15) is 6.42 Å². The highest BCUT2D eigenvalue weighted by Crippen LogP contribution is 2.35. The molecule has 114 valence electrons. The van der Waals surface area contributed by atoms with E-state index in [0.29, 0.717) is 0 Å². The maximum atomic E-state index is 13.0. The standard InChI is InChI=1S/C11H11FN2O6S/c1-20-7-2-3-9(10(4-7)14(16)17)13-6-8(5-11(13)15)21(12,18)19/h2-4,8H,5-6H2,1H3. The lowest BCUT2D eigenvalue weighted by molar-refractivity contribution is -0.384. The van der Waals surface area contributed by atoms with Crippen LogP contribution in [-0.4, -0.2) is 38.2 Å². The number of methoxy groups -OCH3 is 1. The summed E-state index contributed by atoms with van der Waals surface area (Å²) >= 11 is 0. The van der Waals surface area contributed by atoms with E-state index in [1.807, 2.05) is 0 Å². The number of nitrogens with zero attached hydrogens (tertiary/aromatic N) is 2. The minimum absolute atomic E-state index is 0.0862. The van der Waals surface area contributed by atoms with Crippen molar-refractivity contribution in [1.29, 1.82) is 0 Å². The fraction of sp³-hybridized carbons (Fsp3) is 0.364. The Labute approximate surface area is 119 Å². The lowest BCUT2D eigenvalue weighted by atomic mass is 10.2. The normalized spacial score (nSPS) is 18.9. The summed E-state index contributed by atoms with van der Waals surface area (Å²) in [6.45, 7) is -0.454. The quantitative estimate of drug-likeness (QED) is 0.466. The van der Waals surface area contributed by atoms with Crippen LogP contribution in [0.5, 0.6) is 5.75 Å². The van der Waals surface area contributed by atoms with Crippen LogP contribution in [0.3, 0.4) is 0 Å². The highest BCUT2D eigenvalue weighted by atomic mass is 32.3. The Morgan fingerprint density at radius 2 is 2.14 bits per heavy atom. The number of carbonyl (C=O) groups excluding carboxylic acids is 1. The number of hydrogen-bond acceptors (Lipinski definition) is 6. The molecule has 0 radical (unpaired) electrons. The average Bonchev–Trinajstić information content (AvgIpc) is 2.80. The summed E-state index contributed by atoms with van der Waals surface area (Å²) in [7, 11) is -3.55. The smallest absolute Gasteiger partial charge is 0.307 e. The van der Waals surface area contributed by atoms with E-state index in [4.69, 9.17) is 4.74 Å². The molecule has 1 atom stereocenters. The molecule has 1 saturated heterocycles. The Kier molecular flexibility index (Phi) is 3.81. The molecule has 8 nitrogen and oxygen atoms in total. The number of hydrogen-bond donors (Lipinski definition) is 0. The van der Waals surface area contributed by atoms with Crippen molar-refractivity contribution in [3.8, 4) is 5.75 Å². The van der Waals surface area contributed by atoms with Gasteiger partial charge in [-0.1, -0.05) is 0 Å². The molecule has 2 rings (SSSR count). The topological polar surface area (TPSA) is 107 Å². The number of nitro groups is 1. The summed E-state index contributed by atoms with van der Waals surface area (Å²) in [5, 5.41) is 9.54. The minimum Gasteiger partial charge on any atom is -0.496 e. The van der Waals surface area contributed by atoms with Crippen LogP contribution in [0.25, 0.3) is 0 Å². The maximum Gasteiger partial charge on any atom is 0.307 e. The molecule has 10 heteroatoms. The number of halogens is 1. The second-order valence-corrected chi connectivity index (χ2v) is 6.04. The molecular weight excluding hydrogens is 307 g/mol. The van der Waals surface area contributed by atoms with Gasteiger partial charge in [-0.25, -0.2) is 0 Å². The Bertz CT molecular complexity index is 705. The van der Waals surface area contributed by atoms with Crippen LogP contribution in [0.4, 0.5) is 15.3 Å². The van der Waals surface area contributed by atoms with E-state index in [1.54, 1.807) is 0 Å². The zero-order chi connectivity index (χ0) is 15.8. The highest BCUT2D eigenvalue weighted by Gasteiger charge is 2.41. The maximum absolute atomic E-state index is 13.0. The number of carbonyl (C=O) groups is 1. The number of amides is 1. The first-order chi connectivity index (χ1) is 9.74. The number of anilines is 1. The van der Waals surface area contributed by atoms with E-state index in [1.165, 1.54) is 19.2 Å². The molecule has 1 heterocycles. The summed E-state index contributed by atoms with van der Waals surface area (Å²) in [6, 6.07) is 3.77. The molecule has 1 unspecified atom stereocenters. The van der Waals surface area contributed by atoms with Gasteiger partial charge in [0.25, 0.3) is 5.69 Å². The van der Waals surface area contributed by atoms with Crippen molar-refractivity contribution in [1.82, 2.24) is 0 Å². The Morgan fingerprint density at radius 3 is 2.62 bits per heavy atom. The van der Waals surface area contributed by atoms with E-state index in [0.717, 1.165) is 11.0 Å². The van der Waals surface area contributed by atoms with Crippen molar-refractivity contribution in [3.63, 3.8) is 0 Å². The van der Waals surface area contributed by atoms with Gasteiger partial charge in [0, 0.05) is 13.0 Å². The molecule has 21 heavy (non-hydrogen) atoms. The van der Waals surface area contributed by atoms with Crippen LogP contribution in [-0.2, 0) is 15.0 Å². The van der Waals surface area contributed by atoms with Crippen molar-refractivity contribution in [3.05, 3.63) is 28.3 Å². The summed E-state index contributed by atoms with van der Waals surface area (Å²) in [4.78, 5) is 23.0. The highest BCUT2D eigenvalue weighted by molar-refractivity contribution is 7.87. The monoisotopic (exact) mass is 318 g/mol. The van der Waals surface area contributed by atoms with Crippen LogP contribution in [0.2, 0.25) is 0 Å². The van der Waals surface area contributed by atoms with E-state index in [2.05, 4.69) is 0 Å². The Morgan fingerprint density at radius 1 is 1.48 bits per heavy atom. The van der Waals surface area contributed by atoms with Gasteiger partial charge < -0.3 is 9.64 Å². The Hall–Kier alpha value is -2.23. The van der Waals surface area contributed by atoms with Crippen LogP contribution in [0.15, 0.2) is 18.2 Å².